The number of halogens is 1. The average Bonchev–Trinajstić information content (AvgIpc) is 2.63. The second kappa shape index (κ2) is 8.81. The Morgan fingerprint density at radius 1 is 1.16 bits per heavy atom. The molecular weight excluding hydrogens is 336 g/mol. The number of nitrogens with zero attached hydrogens (tertiary/aromatic N) is 2. The largest absolute Gasteiger partial charge is 0.367 e. The minimum Gasteiger partial charge on any atom is -0.367 e. The zero-order valence-electron chi connectivity index (χ0n) is 14.2. The predicted octanol–water partition coefficient (Wildman–Crippen LogP) is 3.85. The van der Waals surface area contributed by atoms with Crippen molar-refractivity contribution >= 4 is 23.3 Å². The van der Waals surface area contributed by atoms with Gasteiger partial charge in [-0.25, -0.2) is 9.97 Å². The van der Waals surface area contributed by atoms with Crippen molar-refractivity contribution in [2.24, 2.45) is 0 Å². The monoisotopic (exact) mass is 358 g/mol. The maximum Gasteiger partial charge on any atom is 0.270 e. The molecule has 0 aliphatic heterocycles. The van der Waals surface area contributed by atoms with Gasteiger partial charge in [0, 0.05) is 23.7 Å². The van der Waals surface area contributed by atoms with E-state index < -0.39 is 0 Å². The van der Waals surface area contributed by atoms with Crippen molar-refractivity contribution in [2.75, 3.05) is 11.9 Å². The van der Waals surface area contributed by atoms with Gasteiger partial charge in [-0.3, -0.25) is 4.79 Å². The van der Waals surface area contributed by atoms with Crippen LogP contribution in [0.5, 0.6) is 0 Å². The van der Waals surface area contributed by atoms with Gasteiger partial charge in [-0.05, 0) is 37.0 Å². The number of aromatic nitrogens is 2. The van der Waals surface area contributed by atoms with E-state index in [-0.39, 0.29) is 5.91 Å². The van der Waals surface area contributed by atoms with E-state index in [1.54, 1.807) is 6.07 Å². The highest BCUT2D eigenvalue weighted by molar-refractivity contribution is 6.30. The third-order valence-corrected chi connectivity index (χ3v) is 4.68. The zero-order valence-corrected chi connectivity index (χ0v) is 14.9. The van der Waals surface area contributed by atoms with E-state index in [0.29, 0.717) is 23.3 Å². The molecule has 5 nitrogen and oxygen atoms in total. The van der Waals surface area contributed by atoms with Gasteiger partial charge in [0.2, 0.25) is 0 Å². The summed E-state index contributed by atoms with van der Waals surface area (Å²) in [5.41, 5.74) is 1.48. The van der Waals surface area contributed by atoms with Gasteiger partial charge in [-0.15, -0.1) is 0 Å². The van der Waals surface area contributed by atoms with Gasteiger partial charge in [0.15, 0.2) is 0 Å². The summed E-state index contributed by atoms with van der Waals surface area (Å²) >= 11 is 5.97. The first kappa shape index (κ1) is 17.7. The lowest BCUT2D eigenvalue weighted by Crippen LogP contribution is -2.27. The van der Waals surface area contributed by atoms with Crippen LogP contribution < -0.4 is 10.6 Å². The molecule has 0 unspecified atom stereocenters. The molecule has 0 radical (unpaired) electrons. The molecule has 1 aromatic carbocycles. The Bertz CT molecular complexity index is 716. The molecule has 1 amide bonds. The molecule has 3 rings (SSSR count). The third-order valence-electron chi connectivity index (χ3n) is 4.45. The molecule has 1 saturated carbocycles. The van der Waals surface area contributed by atoms with Crippen molar-refractivity contribution in [3.63, 3.8) is 0 Å². The van der Waals surface area contributed by atoms with Crippen LogP contribution in [0.25, 0.3) is 0 Å². The summed E-state index contributed by atoms with van der Waals surface area (Å²) in [7, 11) is 0. The molecule has 1 fully saturated rings. The smallest absolute Gasteiger partial charge is 0.270 e. The molecule has 0 bridgehead atoms. The first-order valence-corrected chi connectivity index (χ1v) is 9.20. The Balaban J connectivity index is 1.52. The Morgan fingerprint density at radius 3 is 2.80 bits per heavy atom. The number of benzene rings is 1. The van der Waals surface area contributed by atoms with Gasteiger partial charge >= 0.3 is 0 Å². The van der Waals surface area contributed by atoms with Crippen LogP contribution in [0.4, 0.5) is 5.82 Å². The summed E-state index contributed by atoms with van der Waals surface area (Å²) in [6.07, 6.45) is 8.29. The van der Waals surface area contributed by atoms with Gasteiger partial charge in [0.25, 0.3) is 5.91 Å². The summed E-state index contributed by atoms with van der Waals surface area (Å²) in [5, 5.41) is 7.02. The van der Waals surface area contributed by atoms with E-state index in [1.807, 2.05) is 24.3 Å². The zero-order chi connectivity index (χ0) is 17.5. The van der Waals surface area contributed by atoms with Gasteiger partial charge < -0.3 is 10.6 Å². The van der Waals surface area contributed by atoms with Crippen LogP contribution in [0.3, 0.4) is 0 Å². The standard InChI is InChI=1S/C19H23ClN4O/c20-15-6-4-5-14(11-15)9-10-21-19(25)17-12-18(23-13-22-17)24-16-7-2-1-3-8-16/h4-6,11-13,16H,1-3,7-10H2,(H,21,25)(H,22,23,24). The normalized spacial score (nSPS) is 14.9. The molecule has 1 aliphatic rings. The first-order valence-electron chi connectivity index (χ1n) is 8.82. The maximum atomic E-state index is 12.3. The summed E-state index contributed by atoms with van der Waals surface area (Å²) in [6, 6.07) is 9.82. The van der Waals surface area contributed by atoms with Gasteiger partial charge in [-0.1, -0.05) is 43.0 Å². The second-order valence-electron chi connectivity index (χ2n) is 6.40. The number of carbonyl (C=O) groups excluding carboxylic acids is 1. The fourth-order valence-corrected chi connectivity index (χ4v) is 3.33. The van der Waals surface area contributed by atoms with Crippen LogP contribution in [0.1, 0.15) is 48.2 Å². The lowest BCUT2D eigenvalue weighted by molar-refractivity contribution is 0.0949. The molecule has 0 spiro atoms. The van der Waals surface area contributed by atoms with Crippen molar-refractivity contribution in [3.05, 3.63) is 52.9 Å². The minimum absolute atomic E-state index is 0.184. The number of hydrogen-bond acceptors (Lipinski definition) is 4. The Labute approximate surface area is 153 Å². The van der Waals surface area contributed by atoms with E-state index >= 15 is 0 Å². The van der Waals surface area contributed by atoms with Crippen LogP contribution in [0, 0.1) is 0 Å². The molecule has 132 valence electrons. The summed E-state index contributed by atoms with van der Waals surface area (Å²) in [4.78, 5) is 20.6. The Morgan fingerprint density at radius 2 is 2.00 bits per heavy atom. The lowest BCUT2D eigenvalue weighted by Gasteiger charge is -2.23. The van der Waals surface area contributed by atoms with Crippen molar-refractivity contribution in [3.8, 4) is 0 Å². The number of nitrogens with one attached hydrogen (secondary N) is 2. The van der Waals surface area contributed by atoms with Gasteiger partial charge in [-0.2, -0.15) is 0 Å². The highest BCUT2D eigenvalue weighted by Crippen LogP contribution is 2.20. The molecule has 1 aliphatic carbocycles. The summed E-state index contributed by atoms with van der Waals surface area (Å²) in [6.45, 7) is 0.536. The molecular formula is C19H23ClN4O. The van der Waals surface area contributed by atoms with Crippen LogP contribution in [0.2, 0.25) is 5.02 Å². The summed E-state index contributed by atoms with van der Waals surface area (Å²) < 4.78 is 0. The Kier molecular flexibility index (Phi) is 6.23. The molecule has 0 saturated heterocycles. The van der Waals surface area contributed by atoms with Crippen LogP contribution in [-0.4, -0.2) is 28.5 Å². The molecule has 6 heteroatoms. The van der Waals surface area contributed by atoms with Crippen LogP contribution in [-0.2, 0) is 6.42 Å². The third kappa shape index (κ3) is 5.43. The summed E-state index contributed by atoms with van der Waals surface area (Å²) in [5.74, 6) is 0.540. The number of carbonyl (C=O) groups is 1. The molecule has 2 N–H and O–H groups in total. The minimum atomic E-state index is -0.184. The van der Waals surface area contributed by atoms with Crippen molar-refractivity contribution < 1.29 is 4.79 Å². The van der Waals surface area contributed by atoms with E-state index in [0.717, 1.165) is 30.6 Å². The number of rotatable bonds is 6. The SMILES string of the molecule is O=C(NCCc1cccc(Cl)c1)c1cc(NC2CCCCC2)ncn1. The fraction of sp³-hybridized carbons (Fsp3) is 0.421. The number of anilines is 1. The second-order valence-corrected chi connectivity index (χ2v) is 6.84. The van der Waals surface area contributed by atoms with Crippen molar-refractivity contribution in [2.45, 2.75) is 44.6 Å². The molecule has 1 heterocycles. The molecule has 25 heavy (non-hydrogen) atoms. The predicted molar refractivity (Wildman–Crippen MR) is 100 cm³/mol. The quantitative estimate of drug-likeness (QED) is 0.823. The maximum absolute atomic E-state index is 12.3. The fourth-order valence-electron chi connectivity index (χ4n) is 3.12. The van der Waals surface area contributed by atoms with Crippen LogP contribution in [0.15, 0.2) is 36.7 Å². The topological polar surface area (TPSA) is 66.9 Å². The van der Waals surface area contributed by atoms with Crippen molar-refractivity contribution in [1.29, 1.82) is 0 Å². The average molecular weight is 359 g/mol. The number of hydrogen-bond donors (Lipinski definition) is 2. The molecule has 2 aromatic rings. The van der Waals surface area contributed by atoms with Crippen LogP contribution >= 0.6 is 11.6 Å². The highest BCUT2D eigenvalue weighted by Gasteiger charge is 2.15. The molecule has 0 atom stereocenters. The first-order chi connectivity index (χ1) is 12.2. The lowest BCUT2D eigenvalue weighted by atomic mass is 9.95. The van der Waals surface area contributed by atoms with E-state index in [9.17, 15) is 4.79 Å². The van der Waals surface area contributed by atoms with Gasteiger partial charge in [0.05, 0.1) is 0 Å². The molecule has 1 aromatic heterocycles. The van der Waals surface area contributed by atoms with Gasteiger partial charge in [0.1, 0.15) is 17.8 Å². The highest BCUT2D eigenvalue weighted by atomic mass is 35.5. The Hall–Kier alpha value is -2.14. The van der Waals surface area contributed by atoms with E-state index in [1.165, 1.54) is 25.6 Å². The van der Waals surface area contributed by atoms with E-state index in [2.05, 4.69) is 20.6 Å². The number of amides is 1. The van der Waals surface area contributed by atoms with E-state index in [4.69, 9.17) is 11.6 Å². The van der Waals surface area contributed by atoms with Crippen molar-refractivity contribution in [1.82, 2.24) is 15.3 Å².